The number of aromatic nitrogens is 2. The second-order valence-electron chi connectivity index (χ2n) is 3.44. The van der Waals surface area contributed by atoms with Crippen LogP contribution in [-0.2, 0) is 6.42 Å². The first-order valence-corrected chi connectivity index (χ1v) is 4.37. The smallest absolute Gasteiger partial charge is 0.149 e. The highest BCUT2D eigenvalue weighted by Gasteiger charge is 2.23. The van der Waals surface area contributed by atoms with E-state index in [-0.39, 0.29) is 5.82 Å². The maximum absolute atomic E-state index is 13.0. The molecule has 4 heteroatoms. The molecule has 0 bridgehead atoms. The van der Waals surface area contributed by atoms with E-state index in [4.69, 9.17) is 5.73 Å². The standard InChI is InChI=1S/C10H8FN3/c11-6-2-1-5-3-8-9(7(5)4-6)13-14-10(8)12/h1-2,4H,3H2,(H3,12,13,14). The summed E-state index contributed by atoms with van der Waals surface area (Å²) in [6, 6.07) is 4.77. The fraction of sp³-hybridized carbons (Fsp3) is 0.100. The lowest BCUT2D eigenvalue weighted by Crippen LogP contribution is -1.90. The average molecular weight is 189 g/mol. The highest BCUT2D eigenvalue weighted by atomic mass is 19.1. The van der Waals surface area contributed by atoms with Crippen molar-refractivity contribution in [2.75, 3.05) is 5.73 Å². The summed E-state index contributed by atoms with van der Waals surface area (Å²) < 4.78 is 13.0. The van der Waals surface area contributed by atoms with Crippen molar-refractivity contribution in [3.05, 3.63) is 35.1 Å². The molecule has 1 aromatic carbocycles. The van der Waals surface area contributed by atoms with Gasteiger partial charge in [0.25, 0.3) is 0 Å². The van der Waals surface area contributed by atoms with Gasteiger partial charge in [0.15, 0.2) is 0 Å². The zero-order valence-electron chi connectivity index (χ0n) is 7.34. The van der Waals surface area contributed by atoms with E-state index < -0.39 is 0 Å². The van der Waals surface area contributed by atoms with Crippen LogP contribution >= 0.6 is 0 Å². The molecule has 0 unspecified atom stereocenters. The number of nitrogens with one attached hydrogen (secondary N) is 1. The van der Waals surface area contributed by atoms with E-state index in [9.17, 15) is 4.39 Å². The Morgan fingerprint density at radius 1 is 1.43 bits per heavy atom. The largest absolute Gasteiger partial charge is 0.382 e. The maximum Gasteiger partial charge on any atom is 0.149 e. The van der Waals surface area contributed by atoms with E-state index in [0.717, 1.165) is 28.8 Å². The van der Waals surface area contributed by atoms with Gasteiger partial charge in [0.2, 0.25) is 0 Å². The summed E-state index contributed by atoms with van der Waals surface area (Å²) >= 11 is 0. The third-order valence-corrected chi connectivity index (χ3v) is 2.61. The molecular formula is C10H8FN3. The van der Waals surface area contributed by atoms with E-state index in [0.29, 0.717) is 5.82 Å². The minimum Gasteiger partial charge on any atom is -0.382 e. The number of rotatable bonds is 0. The van der Waals surface area contributed by atoms with Crippen molar-refractivity contribution >= 4 is 5.82 Å². The normalized spacial score (nSPS) is 12.6. The van der Waals surface area contributed by atoms with Gasteiger partial charge in [-0.2, -0.15) is 5.10 Å². The van der Waals surface area contributed by atoms with Crippen molar-refractivity contribution in [3.63, 3.8) is 0 Å². The molecule has 2 aromatic rings. The van der Waals surface area contributed by atoms with Crippen LogP contribution in [0.3, 0.4) is 0 Å². The summed E-state index contributed by atoms with van der Waals surface area (Å²) in [6.07, 6.45) is 0.743. The Kier molecular flexibility index (Phi) is 1.27. The lowest BCUT2D eigenvalue weighted by molar-refractivity contribution is 0.628. The number of nitrogens with two attached hydrogens (primary N) is 1. The summed E-state index contributed by atoms with van der Waals surface area (Å²) in [4.78, 5) is 0. The van der Waals surface area contributed by atoms with Crippen molar-refractivity contribution in [2.45, 2.75) is 6.42 Å². The predicted octanol–water partition coefficient (Wildman–Crippen LogP) is 1.70. The van der Waals surface area contributed by atoms with E-state index in [2.05, 4.69) is 10.2 Å². The zero-order valence-corrected chi connectivity index (χ0v) is 7.34. The number of halogens is 1. The molecule has 3 nitrogen and oxygen atoms in total. The number of aromatic amines is 1. The maximum atomic E-state index is 13.0. The number of nitrogens with zero attached hydrogens (tertiary/aromatic N) is 1. The van der Waals surface area contributed by atoms with Crippen LogP contribution < -0.4 is 5.73 Å². The Labute approximate surface area is 79.8 Å². The molecule has 1 aromatic heterocycles. The monoisotopic (exact) mass is 189 g/mol. The second kappa shape index (κ2) is 2.35. The molecule has 0 saturated heterocycles. The first kappa shape index (κ1) is 7.55. The molecule has 1 aliphatic carbocycles. The Hall–Kier alpha value is -1.84. The highest BCUT2D eigenvalue weighted by molar-refractivity contribution is 5.77. The molecule has 0 radical (unpaired) electrons. The van der Waals surface area contributed by atoms with Gasteiger partial charge in [0.1, 0.15) is 11.6 Å². The fourth-order valence-electron chi connectivity index (χ4n) is 1.91. The lowest BCUT2D eigenvalue weighted by atomic mass is 10.1. The summed E-state index contributed by atoms with van der Waals surface area (Å²) in [5.74, 6) is 0.279. The Balaban J connectivity index is 2.29. The molecule has 3 N–H and O–H groups in total. The molecule has 3 rings (SSSR count). The first-order chi connectivity index (χ1) is 6.75. The molecule has 1 aliphatic rings. The summed E-state index contributed by atoms with van der Waals surface area (Å²) in [7, 11) is 0. The Morgan fingerprint density at radius 2 is 2.29 bits per heavy atom. The number of benzene rings is 1. The van der Waals surface area contributed by atoms with Gasteiger partial charge in [0, 0.05) is 17.5 Å². The zero-order chi connectivity index (χ0) is 9.71. The van der Waals surface area contributed by atoms with Gasteiger partial charge in [-0.15, -0.1) is 0 Å². The van der Waals surface area contributed by atoms with Crippen LogP contribution in [0, 0.1) is 5.82 Å². The SMILES string of the molecule is Nc1n[nH]c2c1Cc1ccc(F)cc1-2. The molecule has 0 spiro atoms. The second-order valence-corrected chi connectivity index (χ2v) is 3.44. The van der Waals surface area contributed by atoms with Gasteiger partial charge in [0.05, 0.1) is 5.69 Å². The Bertz CT molecular complexity index is 516. The van der Waals surface area contributed by atoms with Crippen LogP contribution in [-0.4, -0.2) is 10.2 Å². The number of H-pyrrole nitrogens is 1. The van der Waals surface area contributed by atoms with Crippen molar-refractivity contribution in [3.8, 4) is 11.3 Å². The van der Waals surface area contributed by atoms with Gasteiger partial charge in [-0.05, 0) is 17.7 Å². The summed E-state index contributed by atoms with van der Waals surface area (Å²) in [5, 5.41) is 6.72. The number of fused-ring (bicyclic) bond motifs is 3. The molecule has 14 heavy (non-hydrogen) atoms. The van der Waals surface area contributed by atoms with Crippen molar-refractivity contribution < 1.29 is 4.39 Å². The van der Waals surface area contributed by atoms with Crippen LogP contribution in [0.5, 0.6) is 0 Å². The summed E-state index contributed by atoms with van der Waals surface area (Å²) in [5.41, 5.74) is 9.49. The van der Waals surface area contributed by atoms with Crippen molar-refractivity contribution in [2.24, 2.45) is 0 Å². The summed E-state index contributed by atoms with van der Waals surface area (Å²) in [6.45, 7) is 0. The third-order valence-electron chi connectivity index (χ3n) is 2.61. The topological polar surface area (TPSA) is 54.7 Å². The van der Waals surface area contributed by atoms with Crippen LogP contribution in [0.2, 0.25) is 0 Å². The van der Waals surface area contributed by atoms with Crippen molar-refractivity contribution in [1.82, 2.24) is 10.2 Å². The predicted molar refractivity (Wildman–Crippen MR) is 51.2 cm³/mol. The minimum absolute atomic E-state index is 0.232. The van der Waals surface area contributed by atoms with Gasteiger partial charge < -0.3 is 5.73 Å². The molecule has 0 saturated carbocycles. The van der Waals surface area contributed by atoms with E-state index in [1.165, 1.54) is 12.1 Å². The quantitative estimate of drug-likeness (QED) is 0.565. The third kappa shape index (κ3) is 0.824. The van der Waals surface area contributed by atoms with Gasteiger partial charge in [-0.25, -0.2) is 4.39 Å². The molecule has 0 amide bonds. The van der Waals surface area contributed by atoms with Crippen LogP contribution in [0.15, 0.2) is 18.2 Å². The molecule has 0 atom stereocenters. The first-order valence-electron chi connectivity index (χ1n) is 4.37. The molecular weight excluding hydrogens is 181 g/mol. The van der Waals surface area contributed by atoms with Crippen LogP contribution in [0.25, 0.3) is 11.3 Å². The molecule has 70 valence electrons. The van der Waals surface area contributed by atoms with Crippen LogP contribution in [0.4, 0.5) is 10.2 Å². The van der Waals surface area contributed by atoms with Gasteiger partial charge in [-0.1, -0.05) is 6.07 Å². The van der Waals surface area contributed by atoms with E-state index >= 15 is 0 Å². The fourth-order valence-corrected chi connectivity index (χ4v) is 1.91. The van der Waals surface area contributed by atoms with E-state index in [1.54, 1.807) is 6.07 Å². The van der Waals surface area contributed by atoms with Gasteiger partial charge in [-0.3, -0.25) is 5.10 Å². The minimum atomic E-state index is -0.232. The molecule has 0 fully saturated rings. The lowest BCUT2D eigenvalue weighted by Gasteiger charge is -1.97. The van der Waals surface area contributed by atoms with E-state index in [1.807, 2.05) is 0 Å². The highest BCUT2D eigenvalue weighted by Crippen LogP contribution is 2.37. The number of nitrogen functional groups attached to an aromatic ring is 1. The number of anilines is 1. The van der Waals surface area contributed by atoms with Crippen LogP contribution in [0.1, 0.15) is 11.1 Å². The van der Waals surface area contributed by atoms with Gasteiger partial charge >= 0.3 is 0 Å². The molecule has 0 aliphatic heterocycles. The number of hydrogen-bond acceptors (Lipinski definition) is 2. The molecule has 1 heterocycles. The van der Waals surface area contributed by atoms with Crippen molar-refractivity contribution in [1.29, 1.82) is 0 Å². The number of hydrogen-bond donors (Lipinski definition) is 2. The Morgan fingerprint density at radius 3 is 3.14 bits per heavy atom. The average Bonchev–Trinajstić information content (AvgIpc) is 2.67.